The molecule has 0 saturated carbocycles. The van der Waals surface area contributed by atoms with Gasteiger partial charge in [-0.05, 0) is 64.7 Å². The Labute approximate surface area is 183 Å². The number of hydrogen-bond donors (Lipinski definition) is 0. The van der Waals surface area contributed by atoms with Crippen molar-refractivity contribution in [3.8, 4) is 0 Å². The summed E-state index contributed by atoms with van der Waals surface area (Å²) in [5.41, 5.74) is 0. The topological polar surface area (TPSA) is 59.1 Å². The van der Waals surface area contributed by atoms with Crippen LogP contribution in [-0.2, 0) is 19.1 Å². The molecule has 0 aromatic heterocycles. The highest BCUT2D eigenvalue weighted by molar-refractivity contribution is 5.69. The standard InChI is InChI=1S/C24H44N2O4/c27-23(29-21-19-25-15-9-5-10-16-25)13-7-3-1-2-4-8-14-24(28)30-22-20-26-17-11-6-12-18-26/h1-22H2. The fourth-order valence-electron chi connectivity index (χ4n) is 4.33. The second-order valence-corrected chi connectivity index (χ2v) is 8.87. The first-order valence-electron chi connectivity index (χ1n) is 12.5. The van der Waals surface area contributed by atoms with Crippen molar-refractivity contribution in [1.29, 1.82) is 0 Å². The van der Waals surface area contributed by atoms with Crippen LogP contribution in [0.5, 0.6) is 0 Å². The van der Waals surface area contributed by atoms with Gasteiger partial charge in [-0.25, -0.2) is 0 Å². The van der Waals surface area contributed by atoms with Crippen molar-refractivity contribution >= 4 is 11.9 Å². The van der Waals surface area contributed by atoms with Crippen LogP contribution in [0, 0.1) is 0 Å². The van der Waals surface area contributed by atoms with Crippen molar-refractivity contribution < 1.29 is 19.1 Å². The molecule has 2 heterocycles. The van der Waals surface area contributed by atoms with Crippen LogP contribution in [0.3, 0.4) is 0 Å². The summed E-state index contributed by atoms with van der Waals surface area (Å²) in [5, 5.41) is 0. The summed E-state index contributed by atoms with van der Waals surface area (Å²) >= 11 is 0. The fraction of sp³-hybridized carbons (Fsp3) is 0.917. The van der Waals surface area contributed by atoms with Crippen LogP contribution in [0.2, 0.25) is 0 Å². The monoisotopic (exact) mass is 424 g/mol. The van der Waals surface area contributed by atoms with Crippen LogP contribution in [0.4, 0.5) is 0 Å². The number of carbonyl (C=O) groups excluding carboxylic acids is 2. The Bertz CT molecular complexity index is 418. The predicted octanol–water partition coefficient (Wildman–Crippen LogP) is 4.17. The zero-order valence-corrected chi connectivity index (χ0v) is 19.1. The van der Waals surface area contributed by atoms with Gasteiger partial charge < -0.3 is 9.47 Å². The molecule has 0 spiro atoms. The van der Waals surface area contributed by atoms with Gasteiger partial charge in [0.1, 0.15) is 13.2 Å². The molecule has 0 unspecified atom stereocenters. The summed E-state index contributed by atoms with van der Waals surface area (Å²) in [5.74, 6) is -0.112. The SMILES string of the molecule is O=C(CCCCCCCCC(=O)OCCN1CCCCC1)OCCN1CCCCC1. The molecule has 6 nitrogen and oxygen atoms in total. The number of carbonyl (C=O) groups is 2. The Morgan fingerprint density at radius 1 is 0.533 bits per heavy atom. The van der Waals surface area contributed by atoms with Crippen LogP contribution >= 0.6 is 0 Å². The molecule has 0 N–H and O–H groups in total. The van der Waals surface area contributed by atoms with E-state index in [0.29, 0.717) is 26.1 Å². The van der Waals surface area contributed by atoms with Gasteiger partial charge in [-0.15, -0.1) is 0 Å². The van der Waals surface area contributed by atoms with Crippen LogP contribution in [0.1, 0.15) is 89.9 Å². The van der Waals surface area contributed by atoms with Crippen molar-refractivity contribution in [1.82, 2.24) is 9.80 Å². The first-order valence-corrected chi connectivity index (χ1v) is 12.5. The van der Waals surface area contributed by atoms with E-state index in [1.165, 1.54) is 38.5 Å². The highest BCUT2D eigenvalue weighted by Crippen LogP contribution is 2.11. The minimum atomic E-state index is -0.0562. The highest BCUT2D eigenvalue weighted by atomic mass is 16.5. The number of esters is 2. The number of rotatable bonds is 15. The maximum Gasteiger partial charge on any atom is 0.305 e. The largest absolute Gasteiger partial charge is 0.464 e. The summed E-state index contributed by atoms with van der Waals surface area (Å²) in [6, 6.07) is 0. The number of nitrogens with zero attached hydrogens (tertiary/aromatic N) is 2. The van der Waals surface area contributed by atoms with Crippen molar-refractivity contribution in [2.45, 2.75) is 89.9 Å². The van der Waals surface area contributed by atoms with E-state index >= 15 is 0 Å². The fourth-order valence-corrected chi connectivity index (χ4v) is 4.33. The minimum absolute atomic E-state index is 0.0562. The quantitative estimate of drug-likeness (QED) is 0.291. The molecule has 6 heteroatoms. The molecule has 0 amide bonds. The summed E-state index contributed by atoms with van der Waals surface area (Å²) in [6.07, 6.45) is 15.0. The average Bonchev–Trinajstić information content (AvgIpc) is 2.77. The zero-order valence-electron chi connectivity index (χ0n) is 19.1. The zero-order chi connectivity index (χ0) is 21.3. The van der Waals surface area contributed by atoms with Gasteiger partial charge in [0, 0.05) is 25.9 Å². The molecule has 0 atom stereocenters. The number of likely N-dealkylation sites (tertiary alicyclic amines) is 2. The van der Waals surface area contributed by atoms with Crippen LogP contribution in [0.15, 0.2) is 0 Å². The first kappa shape index (κ1) is 25.1. The second-order valence-electron chi connectivity index (χ2n) is 8.87. The molecule has 2 rings (SSSR count). The Balaban J connectivity index is 1.30. The van der Waals surface area contributed by atoms with Crippen LogP contribution in [0.25, 0.3) is 0 Å². The Morgan fingerprint density at radius 3 is 1.30 bits per heavy atom. The molecule has 2 fully saturated rings. The predicted molar refractivity (Wildman–Crippen MR) is 119 cm³/mol. The van der Waals surface area contributed by atoms with Crippen LogP contribution < -0.4 is 0 Å². The van der Waals surface area contributed by atoms with E-state index in [-0.39, 0.29) is 11.9 Å². The first-order chi connectivity index (χ1) is 14.7. The van der Waals surface area contributed by atoms with E-state index in [0.717, 1.165) is 77.8 Å². The summed E-state index contributed by atoms with van der Waals surface area (Å²) in [6.45, 7) is 7.42. The number of ether oxygens (including phenoxy) is 2. The molecule has 0 aromatic rings. The van der Waals surface area contributed by atoms with Gasteiger partial charge in [0.25, 0.3) is 0 Å². The lowest BCUT2D eigenvalue weighted by Gasteiger charge is -2.25. The molecule has 2 saturated heterocycles. The van der Waals surface area contributed by atoms with E-state index in [1.807, 2.05) is 0 Å². The van der Waals surface area contributed by atoms with E-state index in [2.05, 4.69) is 9.80 Å². The van der Waals surface area contributed by atoms with E-state index in [9.17, 15) is 9.59 Å². The minimum Gasteiger partial charge on any atom is -0.464 e. The molecule has 0 aliphatic carbocycles. The summed E-state index contributed by atoms with van der Waals surface area (Å²) in [7, 11) is 0. The number of piperidine rings is 2. The molecule has 2 aliphatic rings. The highest BCUT2D eigenvalue weighted by Gasteiger charge is 2.12. The lowest BCUT2D eigenvalue weighted by Crippen LogP contribution is -2.33. The van der Waals surface area contributed by atoms with E-state index in [4.69, 9.17) is 9.47 Å². The summed E-state index contributed by atoms with van der Waals surface area (Å²) in [4.78, 5) is 28.4. The lowest BCUT2D eigenvalue weighted by atomic mass is 10.1. The molecule has 30 heavy (non-hydrogen) atoms. The van der Waals surface area contributed by atoms with Crippen molar-refractivity contribution in [2.24, 2.45) is 0 Å². The van der Waals surface area contributed by atoms with Gasteiger partial charge >= 0.3 is 11.9 Å². The molecule has 0 radical (unpaired) electrons. The molecular weight excluding hydrogens is 380 g/mol. The van der Waals surface area contributed by atoms with Crippen molar-refractivity contribution in [3.05, 3.63) is 0 Å². The van der Waals surface area contributed by atoms with E-state index in [1.54, 1.807) is 0 Å². The number of hydrogen-bond acceptors (Lipinski definition) is 6. The van der Waals surface area contributed by atoms with Gasteiger partial charge in [0.05, 0.1) is 0 Å². The maximum absolute atomic E-state index is 11.8. The molecule has 174 valence electrons. The van der Waals surface area contributed by atoms with Crippen LogP contribution in [-0.4, -0.2) is 74.2 Å². The third kappa shape index (κ3) is 12.5. The normalized spacial score (nSPS) is 18.3. The van der Waals surface area contributed by atoms with Gasteiger partial charge in [0.2, 0.25) is 0 Å². The third-order valence-corrected chi connectivity index (χ3v) is 6.25. The Kier molecular flexibility index (Phi) is 13.9. The third-order valence-electron chi connectivity index (χ3n) is 6.25. The van der Waals surface area contributed by atoms with Crippen molar-refractivity contribution in [3.63, 3.8) is 0 Å². The Hall–Kier alpha value is -1.14. The van der Waals surface area contributed by atoms with E-state index < -0.39 is 0 Å². The van der Waals surface area contributed by atoms with Gasteiger partial charge in [-0.1, -0.05) is 38.5 Å². The van der Waals surface area contributed by atoms with Gasteiger partial charge in [-0.2, -0.15) is 0 Å². The Morgan fingerprint density at radius 2 is 0.900 bits per heavy atom. The smallest absolute Gasteiger partial charge is 0.305 e. The lowest BCUT2D eigenvalue weighted by molar-refractivity contribution is -0.145. The van der Waals surface area contributed by atoms with Gasteiger partial charge in [-0.3, -0.25) is 19.4 Å². The molecule has 0 aromatic carbocycles. The van der Waals surface area contributed by atoms with Crippen molar-refractivity contribution in [2.75, 3.05) is 52.5 Å². The number of unbranched alkanes of at least 4 members (excludes halogenated alkanes) is 5. The average molecular weight is 425 g/mol. The summed E-state index contributed by atoms with van der Waals surface area (Å²) < 4.78 is 10.7. The van der Waals surface area contributed by atoms with Gasteiger partial charge in [0.15, 0.2) is 0 Å². The molecule has 0 bridgehead atoms. The molecular formula is C24H44N2O4. The maximum atomic E-state index is 11.8. The molecule has 2 aliphatic heterocycles. The second kappa shape index (κ2) is 16.5.